The summed E-state index contributed by atoms with van der Waals surface area (Å²) < 4.78 is 1.48. The number of rotatable bonds is 4. The molecule has 0 atom stereocenters. The van der Waals surface area contributed by atoms with Crippen molar-refractivity contribution in [3.63, 3.8) is 0 Å². The van der Waals surface area contributed by atoms with E-state index in [0.29, 0.717) is 0 Å². The van der Waals surface area contributed by atoms with Crippen LogP contribution in [0.4, 0.5) is 0 Å². The maximum Gasteiger partial charge on any atom is -1.00 e. The molecule has 0 radical (unpaired) electrons. The van der Waals surface area contributed by atoms with E-state index in [1.54, 1.807) is 0 Å². The van der Waals surface area contributed by atoms with Gasteiger partial charge in [0.2, 0.25) is 0 Å². The van der Waals surface area contributed by atoms with E-state index in [4.69, 9.17) is 0 Å². The standard InChI is InChI=1S/C26H23.3ClH.Ti/c1-20-18-19-25(21(20)2)26(22-12-6-3-7-13-22,23-14-8-4-9-15-23)24-16-10-5-11-17-24;;;;/h3-17H,19H2,1-2H3;3*1H;/q;;;;+3/p-3. The molecule has 1 aliphatic rings. The Labute approximate surface area is 210 Å². The smallest absolute Gasteiger partial charge is 1.00 e. The van der Waals surface area contributed by atoms with Crippen LogP contribution in [-0.2, 0) is 25.9 Å². The Morgan fingerprint density at radius 1 is 0.567 bits per heavy atom. The van der Waals surface area contributed by atoms with Gasteiger partial charge >= 0.3 is 174 Å². The molecule has 0 aromatic heterocycles. The normalized spacial score (nSPS) is 13.3. The first-order valence-corrected chi connectivity index (χ1v) is 10.2. The summed E-state index contributed by atoms with van der Waals surface area (Å²) in [6.07, 6.45) is 1.02. The van der Waals surface area contributed by atoms with Crippen LogP contribution >= 0.6 is 0 Å². The van der Waals surface area contributed by atoms with E-state index in [1.165, 1.54) is 37.3 Å². The van der Waals surface area contributed by atoms with Crippen LogP contribution in [0.1, 0.15) is 37.0 Å². The van der Waals surface area contributed by atoms with Crippen LogP contribution in [0.3, 0.4) is 0 Å². The van der Waals surface area contributed by atoms with Crippen molar-refractivity contribution < 1.29 is 57.7 Å². The maximum atomic E-state index is 2.30. The Balaban J connectivity index is 0.00000150. The Kier molecular flexibility index (Phi) is 10.1. The van der Waals surface area contributed by atoms with Gasteiger partial charge in [0.15, 0.2) is 0 Å². The minimum atomic E-state index is -0.271. The zero-order chi connectivity index (χ0) is 18.9. The summed E-state index contributed by atoms with van der Waals surface area (Å²) in [5.74, 6) is 0. The van der Waals surface area contributed by atoms with Crippen LogP contribution < -0.4 is 37.2 Å². The van der Waals surface area contributed by atoms with Crippen molar-refractivity contribution in [1.82, 2.24) is 0 Å². The average molecular weight is 490 g/mol. The molecule has 0 heterocycles. The number of hydrogen-bond acceptors (Lipinski definition) is 0. The van der Waals surface area contributed by atoms with Gasteiger partial charge in [-0.2, -0.15) is 0 Å². The van der Waals surface area contributed by atoms with Gasteiger partial charge in [-0.1, -0.05) is 0 Å². The molecule has 1 aliphatic carbocycles. The van der Waals surface area contributed by atoms with E-state index < -0.39 is 0 Å². The molecule has 4 rings (SSSR count). The van der Waals surface area contributed by atoms with E-state index in [1.807, 2.05) is 0 Å². The molecular weight excluding hydrogens is 467 g/mol. The van der Waals surface area contributed by atoms with E-state index in [2.05, 4.69) is 125 Å². The summed E-state index contributed by atoms with van der Waals surface area (Å²) in [6, 6.07) is 33.0. The van der Waals surface area contributed by atoms with Crippen molar-refractivity contribution in [2.45, 2.75) is 25.7 Å². The molecule has 0 spiro atoms. The molecule has 0 fully saturated rings. The van der Waals surface area contributed by atoms with Gasteiger partial charge in [-0.25, -0.2) is 0 Å². The van der Waals surface area contributed by atoms with Gasteiger partial charge in [-0.3, -0.25) is 0 Å². The van der Waals surface area contributed by atoms with E-state index >= 15 is 0 Å². The Hall–Kier alpha value is -1.28. The Morgan fingerprint density at radius 2 is 0.900 bits per heavy atom. The molecule has 0 saturated carbocycles. The topological polar surface area (TPSA) is 0 Å². The van der Waals surface area contributed by atoms with Crippen LogP contribution in [0.5, 0.6) is 0 Å². The predicted octanol–water partition coefficient (Wildman–Crippen LogP) is -2.43. The fourth-order valence-electron chi connectivity index (χ4n) is 4.40. The van der Waals surface area contributed by atoms with Crippen LogP contribution in [0.2, 0.25) is 0 Å². The Bertz CT molecular complexity index is 913. The first-order chi connectivity index (χ1) is 13.2. The number of allylic oxidation sites excluding steroid dienone is 4. The van der Waals surface area contributed by atoms with Crippen LogP contribution in [0.25, 0.3) is 0 Å². The number of benzene rings is 3. The summed E-state index contributed by atoms with van der Waals surface area (Å²) in [4.78, 5) is 0. The summed E-state index contributed by atoms with van der Waals surface area (Å²) in [5, 5.41) is 0. The van der Waals surface area contributed by atoms with Gasteiger partial charge in [-0.15, -0.1) is 0 Å². The number of halogens is 3. The quantitative estimate of drug-likeness (QED) is 0.283. The molecule has 0 amide bonds. The van der Waals surface area contributed by atoms with Gasteiger partial charge in [0.05, 0.1) is 0 Å². The molecule has 0 bridgehead atoms. The first kappa shape index (κ1) is 26.8. The monoisotopic (exact) mass is 488 g/mol. The maximum absolute atomic E-state index is 2.30. The molecule has 3 aromatic carbocycles. The van der Waals surface area contributed by atoms with Crippen molar-refractivity contribution >= 4 is 0 Å². The van der Waals surface area contributed by atoms with Gasteiger partial charge in [0.25, 0.3) is 0 Å². The second-order valence-corrected chi connectivity index (χ2v) is 8.17. The molecule has 30 heavy (non-hydrogen) atoms. The van der Waals surface area contributed by atoms with Gasteiger partial charge < -0.3 is 37.2 Å². The van der Waals surface area contributed by atoms with E-state index in [-0.39, 0.29) is 42.6 Å². The minimum Gasteiger partial charge on any atom is -1.00 e. The summed E-state index contributed by atoms with van der Waals surface area (Å²) in [7, 11) is 0. The van der Waals surface area contributed by atoms with Crippen molar-refractivity contribution in [2.24, 2.45) is 0 Å². The summed E-state index contributed by atoms with van der Waals surface area (Å²) in [6.45, 7) is 4.56. The average Bonchev–Trinajstić information content (AvgIpc) is 2.99. The molecule has 0 nitrogen and oxygen atoms in total. The molecule has 3 aromatic rings. The molecule has 0 aliphatic heterocycles. The second kappa shape index (κ2) is 11.4. The third-order valence-corrected chi connectivity index (χ3v) is 6.76. The van der Waals surface area contributed by atoms with Crippen molar-refractivity contribution in [3.05, 3.63) is 128 Å². The van der Waals surface area contributed by atoms with Crippen LogP contribution in [0.15, 0.2) is 112 Å². The molecule has 152 valence electrons. The van der Waals surface area contributed by atoms with E-state index in [0.717, 1.165) is 6.42 Å². The SMILES string of the molecule is CC1=[C]([Ti+3])CC(C(c2ccccc2)(c2ccccc2)c2ccccc2)=C1C.[Cl-].[Cl-].[Cl-]. The fraction of sp³-hybridized carbons (Fsp3) is 0.154. The zero-order valence-corrected chi connectivity index (χ0v) is 20.8. The van der Waals surface area contributed by atoms with Gasteiger partial charge in [0, 0.05) is 0 Å². The largest absolute Gasteiger partial charge is 1.00 e. The fourth-order valence-corrected chi connectivity index (χ4v) is 4.96. The molecule has 0 unspecified atom stereocenters. The molecule has 4 heteroatoms. The predicted molar refractivity (Wildman–Crippen MR) is 109 cm³/mol. The van der Waals surface area contributed by atoms with Gasteiger partial charge in [-0.05, 0) is 0 Å². The van der Waals surface area contributed by atoms with Crippen LogP contribution in [-0.4, -0.2) is 0 Å². The zero-order valence-electron chi connectivity index (χ0n) is 17.0. The van der Waals surface area contributed by atoms with Crippen molar-refractivity contribution in [3.8, 4) is 0 Å². The summed E-state index contributed by atoms with van der Waals surface area (Å²) in [5.41, 5.74) is 8.10. The summed E-state index contributed by atoms with van der Waals surface area (Å²) >= 11 is 2.28. The minimum absolute atomic E-state index is 0. The van der Waals surface area contributed by atoms with Crippen molar-refractivity contribution in [2.75, 3.05) is 0 Å². The first-order valence-electron chi connectivity index (χ1n) is 9.44. The van der Waals surface area contributed by atoms with Crippen molar-refractivity contribution in [1.29, 1.82) is 0 Å². The third kappa shape index (κ3) is 4.49. The molecule has 0 saturated heterocycles. The van der Waals surface area contributed by atoms with Crippen LogP contribution in [0, 0.1) is 0 Å². The third-order valence-electron chi connectivity index (χ3n) is 5.89. The van der Waals surface area contributed by atoms with Gasteiger partial charge in [0.1, 0.15) is 0 Å². The number of hydrogen-bond donors (Lipinski definition) is 0. The Morgan fingerprint density at radius 3 is 1.17 bits per heavy atom. The molecular formula is C26H23Cl3Ti. The second-order valence-electron chi connectivity index (χ2n) is 7.23. The van der Waals surface area contributed by atoms with E-state index in [9.17, 15) is 0 Å². The molecule has 0 N–H and O–H groups in total.